The molecule has 0 saturated heterocycles. The van der Waals surface area contributed by atoms with Crippen LogP contribution in [0.4, 0.5) is 26.3 Å². The lowest BCUT2D eigenvalue weighted by atomic mass is 9.77. The second-order valence-electron chi connectivity index (χ2n) is 8.37. The third kappa shape index (κ3) is 4.84. The van der Waals surface area contributed by atoms with Gasteiger partial charge in [0.1, 0.15) is 23.0 Å². The van der Waals surface area contributed by atoms with E-state index in [1.54, 1.807) is 6.07 Å². The van der Waals surface area contributed by atoms with Crippen molar-refractivity contribution in [3.63, 3.8) is 0 Å². The Bertz CT molecular complexity index is 866. The maximum atomic E-state index is 14.7. The smallest absolute Gasteiger partial charge is 0.210 e. The molecular formula is C24H26F6. The van der Waals surface area contributed by atoms with Gasteiger partial charge in [0, 0.05) is 11.5 Å². The highest BCUT2D eigenvalue weighted by Crippen LogP contribution is 2.44. The highest BCUT2D eigenvalue weighted by molar-refractivity contribution is 5.62. The van der Waals surface area contributed by atoms with Crippen molar-refractivity contribution in [1.82, 2.24) is 0 Å². The lowest BCUT2D eigenvalue weighted by Gasteiger charge is -2.28. The van der Waals surface area contributed by atoms with Crippen LogP contribution < -0.4 is 0 Å². The molecule has 1 aromatic carbocycles. The van der Waals surface area contributed by atoms with Gasteiger partial charge in [0.2, 0.25) is 0 Å². The highest BCUT2D eigenvalue weighted by Gasteiger charge is 2.43. The van der Waals surface area contributed by atoms with Gasteiger partial charge in [0.15, 0.2) is 0 Å². The minimum Gasteiger partial charge on any atom is -0.210 e. The lowest BCUT2D eigenvalue weighted by molar-refractivity contribution is -0.0937. The summed E-state index contributed by atoms with van der Waals surface area (Å²) in [7, 11) is 0. The zero-order chi connectivity index (χ0) is 22.1. The minimum atomic E-state index is -5.12. The molecule has 0 heterocycles. The Balaban J connectivity index is 1.80. The van der Waals surface area contributed by atoms with Crippen LogP contribution in [0.1, 0.15) is 69.4 Å². The van der Waals surface area contributed by atoms with Crippen LogP contribution in [-0.2, 0) is 0 Å². The normalized spacial score (nSPS) is 26.9. The van der Waals surface area contributed by atoms with Gasteiger partial charge in [-0.15, -0.1) is 0 Å². The van der Waals surface area contributed by atoms with Crippen molar-refractivity contribution in [2.45, 2.75) is 64.5 Å². The molecule has 1 saturated carbocycles. The van der Waals surface area contributed by atoms with Crippen LogP contribution in [0.5, 0.6) is 0 Å². The quantitative estimate of drug-likeness (QED) is 0.421. The number of benzene rings is 1. The third-order valence-corrected chi connectivity index (χ3v) is 6.30. The lowest BCUT2D eigenvalue weighted by Crippen LogP contribution is -2.20. The Labute approximate surface area is 173 Å². The zero-order valence-corrected chi connectivity index (χ0v) is 17.1. The van der Waals surface area contributed by atoms with Crippen LogP contribution in [-0.4, -0.2) is 6.18 Å². The summed E-state index contributed by atoms with van der Waals surface area (Å²) in [5, 5.41) is 0. The molecule has 1 unspecified atom stereocenters. The first-order valence-corrected chi connectivity index (χ1v) is 10.5. The fraction of sp³-hybridized carbons (Fsp3) is 0.500. The molecule has 1 fully saturated rings. The molecule has 0 aromatic heterocycles. The Morgan fingerprint density at radius 1 is 1.03 bits per heavy atom. The summed E-state index contributed by atoms with van der Waals surface area (Å²) in [4.78, 5) is 0. The van der Waals surface area contributed by atoms with Crippen molar-refractivity contribution in [3.05, 3.63) is 64.0 Å². The van der Waals surface area contributed by atoms with Crippen LogP contribution in [0.15, 0.2) is 47.1 Å². The van der Waals surface area contributed by atoms with Crippen molar-refractivity contribution in [3.8, 4) is 0 Å². The number of rotatable bonds is 4. The summed E-state index contributed by atoms with van der Waals surface area (Å²) >= 11 is 0. The topological polar surface area (TPSA) is 0 Å². The van der Waals surface area contributed by atoms with Crippen LogP contribution in [0.2, 0.25) is 0 Å². The number of hydrogen-bond donors (Lipinski definition) is 0. The third-order valence-electron chi connectivity index (χ3n) is 6.30. The maximum absolute atomic E-state index is 14.7. The van der Waals surface area contributed by atoms with E-state index in [0.29, 0.717) is 6.08 Å². The standard InChI is InChI=1S/C24H26F6/c1-3-4-15-5-7-16(8-6-15)17-9-10-18(20(25)12-17)11-19-13-21(26)22(24(28,29)30)23(27)14(19)2/h9-16H,3-8H2,1-2H3/b19-11-. The van der Waals surface area contributed by atoms with E-state index >= 15 is 0 Å². The van der Waals surface area contributed by atoms with E-state index in [4.69, 9.17) is 0 Å². The van der Waals surface area contributed by atoms with Crippen molar-refractivity contribution in [2.75, 3.05) is 0 Å². The largest absolute Gasteiger partial charge is 0.421 e. The van der Waals surface area contributed by atoms with Crippen LogP contribution in [0.3, 0.4) is 0 Å². The van der Waals surface area contributed by atoms with Crippen LogP contribution in [0.25, 0.3) is 6.08 Å². The van der Waals surface area contributed by atoms with E-state index in [1.807, 2.05) is 0 Å². The second-order valence-corrected chi connectivity index (χ2v) is 8.37. The Morgan fingerprint density at radius 2 is 1.70 bits per heavy atom. The van der Waals surface area contributed by atoms with Gasteiger partial charge >= 0.3 is 6.18 Å². The molecule has 2 aliphatic carbocycles. The second kappa shape index (κ2) is 9.03. The molecule has 1 aromatic rings. The van der Waals surface area contributed by atoms with Gasteiger partial charge in [-0.3, -0.25) is 0 Å². The van der Waals surface area contributed by atoms with Crippen molar-refractivity contribution in [2.24, 2.45) is 11.8 Å². The molecule has 164 valence electrons. The fourth-order valence-corrected chi connectivity index (χ4v) is 4.54. The minimum absolute atomic E-state index is 0.0373. The van der Waals surface area contributed by atoms with Gasteiger partial charge < -0.3 is 0 Å². The summed E-state index contributed by atoms with van der Waals surface area (Å²) in [6.45, 7) is 3.38. The van der Waals surface area contributed by atoms with Crippen LogP contribution >= 0.6 is 0 Å². The monoisotopic (exact) mass is 428 g/mol. The first kappa shape index (κ1) is 22.7. The molecule has 3 rings (SSSR count). The number of alkyl halides is 3. The molecule has 0 spiro atoms. The molecule has 0 radical (unpaired) electrons. The predicted octanol–water partition coefficient (Wildman–Crippen LogP) is 8.57. The SMILES string of the molecule is CCCC1CCC(c2ccc(/C=C3/C=C(F)C(C(F)(F)F)=C(F)C3C)c(F)c2)CC1. The zero-order valence-electron chi connectivity index (χ0n) is 17.1. The summed E-state index contributed by atoms with van der Waals surface area (Å²) < 4.78 is 81.4. The molecule has 0 amide bonds. The molecule has 2 aliphatic rings. The van der Waals surface area contributed by atoms with Gasteiger partial charge in [-0.2, -0.15) is 13.2 Å². The van der Waals surface area contributed by atoms with E-state index in [-0.39, 0.29) is 17.1 Å². The van der Waals surface area contributed by atoms with Gasteiger partial charge in [-0.25, -0.2) is 13.2 Å². The average Bonchev–Trinajstić information content (AvgIpc) is 2.67. The van der Waals surface area contributed by atoms with Crippen LogP contribution in [0, 0.1) is 17.7 Å². The van der Waals surface area contributed by atoms with Gasteiger partial charge in [0.05, 0.1) is 0 Å². The average molecular weight is 428 g/mol. The predicted molar refractivity (Wildman–Crippen MR) is 107 cm³/mol. The molecular weight excluding hydrogens is 402 g/mol. The van der Waals surface area contributed by atoms with E-state index in [1.165, 1.54) is 38.0 Å². The van der Waals surface area contributed by atoms with Crippen molar-refractivity contribution >= 4 is 6.08 Å². The Kier molecular flexibility index (Phi) is 6.83. The molecule has 0 aliphatic heterocycles. The number of allylic oxidation sites excluding steroid dienone is 5. The van der Waals surface area contributed by atoms with Gasteiger partial charge in [-0.1, -0.05) is 38.8 Å². The maximum Gasteiger partial charge on any atom is 0.421 e. The fourth-order valence-electron chi connectivity index (χ4n) is 4.54. The van der Waals surface area contributed by atoms with E-state index in [9.17, 15) is 26.3 Å². The Hall–Kier alpha value is -1.98. The molecule has 1 atom stereocenters. The number of hydrogen-bond acceptors (Lipinski definition) is 0. The molecule has 30 heavy (non-hydrogen) atoms. The highest BCUT2D eigenvalue weighted by atomic mass is 19.4. The Morgan fingerprint density at radius 3 is 2.27 bits per heavy atom. The van der Waals surface area contributed by atoms with E-state index in [2.05, 4.69) is 6.92 Å². The van der Waals surface area contributed by atoms with Gasteiger partial charge in [0.25, 0.3) is 0 Å². The molecule has 0 N–H and O–H groups in total. The molecule has 0 nitrogen and oxygen atoms in total. The molecule has 6 heteroatoms. The summed E-state index contributed by atoms with van der Waals surface area (Å²) in [6.07, 6.45) is 3.39. The van der Waals surface area contributed by atoms with Crippen molar-refractivity contribution < 1.29 is 26.3 Å². The van der Waals surface area contributed by atoms with E-state index < -0.39 is 35.1 Å². The molecule has 0 bridgehead atoms. The first-order chi connectivity index (χ1) is 14.1. The summed E-state index contributed by atoms with van der Waals surface area (Å²) in [6, 6.07) is 4.79. The van der Waals surface area contributed by atoms with Crippen molar-refractivity contribution in [1.29, 1.82) is 0 Å². The summed E-state index contributed by atoms with van der Waals surface area (Å²) in [5.41, 5.74) is -0.924. The van der Waals surface area contributed by atoms with Gasteiger partial charge in [-0.05, 0) is 66.9 Å². The summed E-state index contributed by atoms with van der Waals surface area (Å²) in [5.74, 6) is -4.11. The number of halogens is 6. The first-order valence-electron chi connectivity index (χ1n) is 10.5. The van der Waals surface area contributed by atoms with E-state index in [0.717, 1.165) is 37.2 Å².